The third-order valence-electron chi connectivity index (χ3n) is 3.20. The SMILES string of the molecule is Cl.NC1CCN(Cc2ccc(OC(F)(F)F)cc2)CC1. The molecule has 114 valence electrons. The first kappa shape index (κ1) is 17.1. The third-order valence-corrected chi connectivity index (χ3v) is 3.20. The minimum absolute atomic E-state index is 0. The van der Waals surface area contributed by atoms with E-state index in [9.17, 15) is 13.2 Å². The summed E-state index contributed by atoms with van der Waals surface area (Å²) >= 11 is 0. The Morgan fingerprint density at radius 1 is 1.15 bits per heavy atom. The number of nitrogens with two attached hydrogens (primary N) is 1. The maximum Gasteiger partial charge on any atom is 0.573 e. The molecule has 1 aliphatic heterocycles. The molecule has 0 atom stereocenters. The van der Waals surface area contributed by atoms with Gasteiger partial charge >= 0.3 is 6.36 Å². The number of nitrogens with zero attached hydrogens (tertiary/aromatic N) is 1. The number of hydrogen-bond acceptors (Lipinski definition) is 3. The fourth-order valence-electron chi connectivity index (χ4n) is 2.17. The van der Waals surface area contributed by atoms with Crippen LogP contribution >= 0.6 is 12.4 Å². The lowest BCUT2D eigenvalue weighted by atomic mass is 10.1. The largest absolute Gasteiger partial charge is 0.573 e. The lowest BCUT2D eigenvalue weighted by Gasteiger charge is -2.30. The van der Waals surface area contributed by atoms with Gasteiger partial charge in [-0.25, -0.2) is 0 Å². The normalized spacial score (nSPS) is 17.6. The lowest BCUT2D eigenvalue weighted by molar-refractivity contribution is -0.274. The summed E-state index contributed by atoms with van der Waals surface area (Å²) in [5.74, 6) is -0.183. The van der Waals surface area contributed by atoms with Crippen LogP contribution in [0.2, 0.25) is 0 Å². The third kappa shape index (κ3) is 5.56. The van der Waals surface area contributed by atoms with Gasteiger partial charge in [-0.2, -0.15) is 0 Å². The van der Waals surface area contributed by atoms with Crippen LogP contribution in [0.5, 0.6) is 5.75 Å². The number of likely N-dealkylation sites (tertiary alicyclic amines) is 1. The maximum absolute atomic E-state index is 12.0. The Balaban J connectivity index is 0.00000200. The van der Waals surface area contributed by atoms with Gasteiger partial charge in [0, 0.05) is 12.6 Å². The number of benzene rings is 1. The van der Waals surface area contributed by atoms with Gasteiger partial charge in [0.05, 0.1) is 0 Å². The van der Waals surface area contributed by atoms with Crippen LogP contribution in [0.4, 0.5) is 13.2 Å². The molecule has 1 fully saturated rings. The smallest absolute Gasteiger partial charge is 0.406 e. The molecule has 0 aromatic heterocycles. The molecule has 0 saturated carbocycles. The molecule has 0 spiro atoms. The highest BCUT2D eigenvalue weighted by molar-refractivity contribution is 5.85. The van der Waals surface area contributed by atoms with Gasteiger partial charge in [-0.15, -0.1) is 25.6 Å². The van der Waals surface area contributed by atoms with Gasteiger partial charge in [0.15, 0.2) is 0 Å². The van der Waals surface area contributed by atoms with Gasteiger partial charge in [0.2, 0.25) is 0 Å². The number of ether oxygens (including phenoxy) is 1. The molecular formula is C13H18ClF3N2O. The van der Waals surface area contributed by atoms with Crippen molar-refractivity contribution < 1.29 is 17.9 Å². The van der Waals surface area contributed by atoms with Crippen molar-refractivity contribution in [1.29, 1.82) is 0 Å². The van der Waals surface area contributed by atoms with Crippen LogP contribution in [0, 0.1) is 0 Å². The van der Waals surface area contributed by atoms with E-state index in [4.69, 9.17) is 5.73 Å². The minimum Gasteiger partial charge on any atom is -0.406 e. The van der Waals surface area contributed by atoms with E-state index in [0.29, 0.717) is 0 Å². The molecule has 0 unspecified atom stereocenters. The predicted octanol–water partition coefficient (Wildman–Crippen LogP) is 2.93. The summed E-state index contributed by atoms with van der Waals surface area (Å²) in [7, 11) is 0. The van der Waals surface area contributed by atoms with Crippen molar-refractivity contribution in [1.82, 2.24) is 4.90 Å². The molecule has 0 radical (unpaired) electrons. The Kier molecular flexibility index (Phi) is 6.10. The Morgan fingerprint density at radius 2 is 1.70 bits per heavy atom. The van der Waals surface area contributed by atoms with Gasteiger partial charge in [0.25, 0.3) is 0 Å². The highest BCUT2D eigenvalue weighted by atomic mass is 35.5. The summed E-state index contributed by atoms with van der Waals surface area (Å²) in [6.07, 6.45) is -2.70. The van der Waals surface area contributed by atoms with Crippen molar-refractivity contribution in [2.45, 2.75) is 31.8 Å². The second kappa shape index (κ2) is 7.15. The zero-order chi connectivity index (χ0) is 13.9. The zero-order valence-electron chi connectivity index (χ0n) is 10.9. The molecule has 7 heteroatoms. The topological polar surface area (TPSA) is 38.5 Å². The van der Waals surface area contributed by atoms with E-state index >= 15 is 0 Å². The average Bonchev–Trinajstić information content (AvgIpc) is 2.33. The summed E-state index contributed by atoms with van der Waals surface area (Å²) in [5, 5.41) is 0. The minimum atomic E-state index is -4.63. The molecule has 1 saturated heterocycles. The Labute approximate surface area is 122 Å². The lowest BCUT2D eigenvalue weighted by Crippen LogP contribution is -2.39. The van der Waals surface area contributed by atoms with Gasteiger partial charge < -0.3 is 10.5 Å². The first-order valence-electron chi connectivity index (χ1n) is 6.25. The fourth-order valence-corrected chi connectivity index (χ4v) is 2.17. The standard InChI is InChI=1S/C13H17F3N2O.ClH/c14-13(15,16)19-12-3-1-10(2-4-12)9-18-7-5-11(17)6-8-18;/h1-4,11H,5-9,17H2;1H. The zero-order valence-corrected chi connectivity index (χ0v) is 11.7. The van der Waals surface area contributed by atoms with E-state index in [0.717, 1.165) is 38.0 Å². The Hall–Kier alpha value is -0.980. The molecule has 2 rings (SSSR count). The van der Waals surface area contributed by atoms with Crippen LogP contribution in [0.1, 0.15) is 18.4 Å². The molecule has 0 bridgehead atoms. The summed E-state index contributed by atoms with van der Waals surface area (Å²) in [6, 6.07) is 6.29. The summed E-state index contributed by atoms with van der Waals surface area (Å²) in [5.41, 5.74) is 6.80. The molecule has 20 heavy (non-hydrogen) atoms. The van der Waals surface area contributed by atoms with Gasteiger partial charge in [0.1, 0.15) is 5.75 Å². The van der Waals surface area contributed by atoms with Gasteiger partial charge in [-0.05, 0) is 43.6 Å². The molecule has 3 nitrogen and oxygen atoms in total. The molecule has 0 amide bonds. The van der Waals surface area contributed by atoms with Gasteiger partial charge in [-0.3, -0.25) is 4.90 Å². The van der Waals surface area contributed by atoms with Crippen LogP contribution in [0.15, 0.2) is 24.3 Å². The van der Waals surface area contributed by atoms with Crippen LogP contribution in [0.25, 0.3) is 0 Å². The summed E-state index contributed by atoms with van der Waals surface area (Å²) < 4.78 is 39.9. The van der Waals surface area contributed by atoms with Crippen molar-refractivity contribution in [2.75, 3.05) is 13.1 Å². The van der Waals surface area contributed by atoms with Gasteiger partial charge in [-0.1, -0.05) is 12.1 Å². The van der Waals surface area contributed by atoms with Crippen LogP contribution in [-0.4, -0.2) is 30.4 Å². The van der Waals surface area contributed by atoms with E-state index in [2.05, 4.69) is 9.64 Å². The molecule has 0 aliphatic carbocycles. The van der Waals surface area contributed by atoms with Crippen LogP contribution in [0.3, 0.4) is 0 Å². The van der Waals surface area contributed by atoms with Crippen molar-refractivity contribution in [3.8, 4) is 5.75 Å². The second-order valence-electron chi connectivity index (χ2n) is 4.81. The Morgan fingerprint density at radius 3 is 2.20 bits per heavy atom. The molecule has 1 aromatic carbocycles. The highest BCUT2D eigenvalue weighted by Gasteiger charge is 2.30. The molecule has 1 heterocycles. The van der Waals surface area contributed by atoms with E-state index < -0.39 is 6.36 Å². The highest BCUT2D eigenvalue weighted by Crippen LogP contribution is 2.23. The summed E-state index contributed by atoms with van der Waals surface area (Å²) in [4.78, 5) is 2.25. The maximum atomic E-state index is 12.0. The van der Waals surface area contributed by atoms with Crippen LogP contribution < -0.4 is 10.5 Å². The first-order chi connectivity index (χ1) is 8.92. The number of rotatable bonds is 3. The molecular weight excluding hydrogens is 293 g/mol. The van der Waals surface area contributed by atoms with Crippen LogP contribution in [-0.2, 0) is 6.54 Å². The number of piperidine rings is 1. The predicted molar refractivity (Wildman–Crippen MR) is 72.9 cm³/mol. The molecule has 1 aliphatic rings. The van der Waals surface area contributed by atoms with E-state index in [-0.39, 0.29) is 24.2 Å². The van der Waals surface area contributed by atoms with Crippen molar-refractivity contribution in [2.24, 2.45) is 5.73 Å². The van der Waals surface area contributed by atoms with Crippen molar-refractivity contribution in [3.63, 3.8) is 0 Å². The number of hydrogen-bond donors (Lipinski definition) is 1. The average molecular weight is 311 g/mol. The molecule has 2 N–H and O–H groups in total. The van der Waals surface area contributed by atoms with Crippen molar-refractivity contribution in [3.05, 3.63) is 29.8 Å². The fraction of sp³-hybridized carbons (Fsp3) is 0.538. The number of halogens is 4. The van der Waals surface area contributed by atoms with E-state index in [1.54, 1.807) is 12.1 Å². The number of alkyl halides is 3. The quantitative estimate of drug-likeness (QED) is 0.933. The monoisotopic (exact) mass is 310 g/mol. The first-order valence-corrected chi connectivity index (χ1v) is 6.25. The van der Waals surface area contributed by atoms with Crippen molar-refractivity contribution >= 4 is 12.4 Å². The van der Waals surface area contributed by atoms with E-state index in [1.165, 1.54) is 12.1 Å². The Bertz CT molecular complexity index is 403. The van der Waals surface area contributed by atoms with E-state index in [1.807, 2.05) is 0 Å². The molecule has 1 aromatic rings. The summed E-state index contributed by atoms with van der Waals surface area (Å²) in [6.45, 7) is 2.60. The second-order valence-corrected chi connectivity index (χ2v) is 4.81.